The van der Waals surface area contributed by atoms with Crippen LogP contribution in [0.2, 0.25) is 0 Å². The van der Waals surface area contributed by atoms with Crippen LogP contribution in [0.1, 0.15) is 23.1 Å². The highest BCUT2D eigenvalue weighted by molar-refractivity contribution is 7.07. The average molecular weight is 269 g/mol. The molecule has 0 spiro atoms. The van der Waals surface area contributed by atoms with Crippen LogP contribution in [0.15, 0.2) is 35.0 Å². The van der Waals surface area contributed by atoms with Gasteiger partial charge in [0.15, 0.2) is 0 Å². The van der Waals surface area contributed by atoms with Crippen molar-refractivity contribution in [1.29, 1.82) is 0 Å². The third kappa shape index (κ3) is 2.75. The van der Waals surface area contributed by atoms with Gasteiger partial charge in [-0.25, -0.2) is 8.78 Å². The fourth-order valence-corrected chi connectivity index (χ4v) is 2.60. The Kier molecular flexibility index (Phi) is 4.06. The lowest BCUT2D eigenvalue weighted by Gasteiger charge is -2.21. The van der Waals surface area contributed by atoms with Crippen molar-refractivity contribution in [2.24, 2.45) is 5.73 Å². The molecule has 0 saturated heterocycles. The van der Waals surface area contributed by atoms with E-state index in [0.29, 0.717) is 11.1 Å². The molecule has 0 aliphatic rings. The molecule has 2 unspecified atom stereocenters. The van der Waals surface area contributed by atoms with Crippen molar-refractivity contribution in [3.8, 4) is 0 Å². The quantitative estimate of drug-likeness (QED) is 0.896. The molecule has 1 heterocycles. The third-order valence-electron chi connectivity index (χ3n) is 2.83. The van der Waals surface area contributed by atoms with Crippen LogP contribution in [-0.4, -0.2) is 11.7 Å². The number of thiophene rings is 1. The lowest BCUT2D eigenvalue weighted by atomic mass is 9.90. The Hall–Kier alpha value is -1.30. The summed E-state index contributed by atoms with van der Waals surface area (Å²) in [5.74, 6) is -1.85. The van der Waals surface area contributed by atoms with Gasteiger partial charge in [0.05, 0.1) is 6.10 Å². The monoisotopic (exact) mass is 269 g/mol. The minimum absolute atomic E-state index is 0.111. The number of rotatable bonds is 4. The van der Waals surface area contributed by atoms with Crippen LogP contribution in [0.25, 0.3) is 0 Å². The summed E-state index contributed by atoms with van der Waals surface area (Å²) >= 11 is 1.45. The second-order valence-corrected chi connectivity index (χ2v) is 4.83. The molecule has 2 rings (SSSR count). The van der Waals surface area contributed by atoms with E-state index in [1.54, 1.807) is 11.4 Å². The van der Waals surface area contributed by atoms with Gasteiger partial charge in [-0.1, -0.05) is 0 Å². The summed E-state index contributed by atoms with van der Waals surface area (Å²) in [6.07, 6.45) is -0.859. The van der Waals surface area contributed by atoms with Crippen LogP contribution in [-0.2, 0) is 0 Å². The summed E-state index contributed by atoms with van der Waals surface area (Å²) in [5, 5.41) is 13.8. The zero-order valence-electron chi connectivity index (χ0n) is 9.51. The van der Waals surface area contributed by atoms with Crippen molar-refractivity contribution < 1.29 is 13.9 Å². The number of aliphatic hydroxyl groups excluding tert-OH is 1. The topological polar surface area (TPSA) is 46.2 Å². The van der Waals surface area contributed by atoms with E-state index in [1.807, 2.05) is 5.38 Å². The Bertz CT molecular complexity index is 495. The predicted molar refractivity (Wildman–Crippen MR) is 67.4 cm³/mol. The second kappa shape index (κ2) is 5.56. The predicted octanol–water partition coefficient (Wildman–Crippen LogP) is 2.80. The minimum Gasteiger partial charge on any atom is -0.388 e. The highest BCUT2D eigenvalue weighted by Gasteiger charge is 2.22. The van der Waals surface area contributed by atoms with Crippen molar-refractivity contribution in [2.75, 3.05) is 6.54 Å². The van der Waals surface area contributed by atoms with Gasteiger partial charge in [0.1, 0.15) is 11.6 Å². The van der Waals surface area contributed by atoms with Crippen LogP contribution in [0, 0.1) is 11.6 Å². The van der Waals surface area contributed by atoms with E-state index in [1.165, 1.54) is 23.5 Å². The van der Waals surface area contributed by atoms with Crippen molar-refractivity contribution in [2.45, 2.75) is 12.0 Å². The zero-order chi connectivity index (χ0) is 13.1. The molecule has 1 aromatic heterocycles. The largest absolute Gasteiger partial charge is 0.388 e. The van der Waals surface area contributed by atoms with Crippen molar-refractivity contribution in [3.05, 3.63) is 57.8 Å². The van der Waals surface area contributed by atoms with E-state index >= 15 is 0 Å². The first-order chi connectivity index (χ1) is 8.61. The van der Waals surface area contributed by atoms with Gasteiger partial charge in [0, 0.05) is 18.5 Å². The van der Waals surface area contributed by atoms with Crippen LogP contribution < -0.4 is 5.73 Å². The number of halogens is 2. The van der Waals surface area contributed by atoms with Crippen LogP contribution in [0.4, 0.5) is 8.78 Å². The van der Waals surface area contributed by atoms with Crippen molar-refractivity contribution in [3.63, 3.8) is 0 Å². The molecule has 3 N–H and O–H groups in total. The molecule has 0 bridgehead atoms. The molecule has 0 radical (unpaired) electrons. The first kappa shape index (κ1) is 13.1. The minimum atomic E-state index is -0.859. The van der Waals surface area contributed by atoms with Gasteiger partial charge in [0.2, 0.25) is 0 Å². The molecule has 96 valence electrons. The van der Waals surface area contributed by atoms with Gasteiger partial charge in [0.25, 0.3) is 0 Å². The molecule has 1 aromatic carbocycles. The average Bonchev–Trinajstić information content (AvgIpc) is 2.81. The summed E-state index contributed by atoms with van der Waals surface area (Å²) in [6, 6.07) is 4.98. The van der Waals surface area contributed by atoms with Crippen molar-refractivity contribution in [1.82, 2.24) is 0 Å². The summed E-state index contributed by atoms with van der Waals surface area (Å²) < 4.78 is 26.3. The van der Waals surface area contributed by atoms with Gasteiger partial charge in [-0.3, -0.25) is 0 Å². The number of benzene rings is 1. The van der Waals surface area contributed by atoms with E-state index in [4.69, 9.17) is 5.73 Å². The number of hydrogen-bond acceptors (Lipinski definition) is 3. The van der Waals surface area contributed by atoms with Gasteiger partial charge in [-0.05, 0) is 40.1 Å². The number of nitrogens with two attached hydrogens (primary N) is 1. The fourth-order valence-electron chi connectivity index (χ4n) is 1.91. The molecule has 0 saturated carbocycles. The molecule has 5 heteroatoms. The Morgan fingerprint density at radius 3 is 2.33 bits per heavy atom. The molecular weight excluding hydrogens is 256 g/mol. The maximum absolute atomic E-state index is 13.2. The standard InChI is InChI=1S/C13H13F2NOS/c14-10-3-9(4-11(15)5-10)12(6-16)13(17)8-1-2-18-7-8/h1-5,7,12-13,17H,6,16H2. The van der Waals surface area contributed by atoms with Crippen molar-refractivity contribution >= 4 is 11.3 Å². The van der Waals surface area contributed by atoms with E-state index in [9.17, 15) is 13.9 Å². The fraction of sp³-hybridized carbons (Fsp3) is 0.231. The van der Waals surface area contributed by atoms with Gasteiger partial charge in [-0.15, -0.1) is 0 Å². The van der Waals surface area contributed by atoms with Crippen LogP contribution in [0.5, 0.6) is 0 Å². The molecule has 0 fully saturated rings. The first-order valence-corrected chi connectivity index (χ1v) is 6.42. The summed E-state index contributed by atoms with van der Waals surface area (Å²) in [4.78, 5) is 0. The molecule has 2 nitrogen and oxygen atoms in total. The molecule has 2 atom stereocenters. The highest BCUT2D eigenvalue weighted by atomic mass is 32.1. The van der Waals surface area contributed by atoms with Gasteiger partial charge >= 0.3 is 0 Å². The maximum Gasteiger partial charge on any atom is 0.126 e. The normalized spacial score (nSPS) is 14.4. The van der Waals surface area contributed by atoms with E-state index in [2.05, 4.69) is 0 Å². The maximum atomic E-state index is 13.2. The van der Waals surface area contributed by atoms with Gasteiger partial charge < -0.3 is 10.8 Å². The summed E-state index contributed by atoms with van der Waals surface area (Å²) in [5.41, 5.74) is 6.69. The first-order valence-electron chi connectivity index (χ1n) is 5.48. The molecule has 18 heavy (non-hydrogen) atoms. The smallest absolute Gasteiger partial charge is 0.126 e. The lowest BCUT2D eigenvalue weighted by Crippen LogP contribution is -2.20. The van der Waals surface area contributed by atoms with E-state index < -0.39 is 23.7 Å². The number of hydrogen-bond donors (Lipinski definition) is 2. The van der Waals surface area contributed by atoms with Crippen LogP contribution in [0.3, 0.4) is 0 Å². The SMILES string of the molecule is NCC(c1cc(F)cc(F)c1)C(O)c1ccsc1. The Balaban J connectivity index is 2.33. The second-order valence-electron chi connectivity index (χ2n) is 4.05. The van der Waals surface area contributed by atoms with Gasteiger partial charge in [-0.2, -0.15) is 11.3 Å². The lowest BCUT2D eigenvalue weighted by molar-refractivity contribution is 0.147. The van der Waals surface area contributed by atoms with Crippen LogP contribution >= 0.6 is 11.3 Å². The molecule has 0 amide bonds. The Morgan fingerprint density at radius 1 is 1.17 bits per heavy atom. The zero-order valence-corrected chi connectivity index (χ0v) is 10.3. The van der Waals surface area contributed by atoms with E-state index in [-0.39, 0.29) is 6.54 Å². The summed E-state index contributed by atoms with van der Waals surface area (Å²) in [7, 11) is 0. The summed E-state index contributed by atoms with van der Waals surface area (Å²) in [6.45, 7) is 0.111. The Morgan fingerprint density at radius 2 is 1.83 bits per heavy atom. The molecule has 2 aromatic rings. The molecule has 0 aliphatic heterocycles. The third-order valence-corrected chi connectivity index (χ3v) is 3.53. The Labute approximate surface area is 108 Å². The van der Waals surface area contributed by atoms with E-state index in [0.717, 1.165) is 6.07 Å². The highest BCUT2D eigenvalue weighted by Crippen LogP contribution is 2.31. The molecule has 0 aliphatic carbocycles. The number of aliphatic hydroxyl groups is 1. The molecular formula is C13H13F2NOS.